The Balaban J connectivity index is 5.71. The lowest BCUT2D eigenvalue weighted by molar-refractivity contribution is -0.143. The third kappa shape index (κ3) is 23.2. The van der Waals surface area contributed by atoms with Crippen molar-refractivity contribution in [1.29, 1.82) is 0 Å². The Morgan fingerprint density at radius 3 is 1.48 bits per heavy atom. The molecule has 0 heterocycles. The molecule has 15 N–H and O–H groups in total. The number of rotatable bonds is 29. The van der Waals surface area contributed by atoms with Crippen LogP contribution in [0.5, 0.6) is 0 Å². The first kappa shape index (κ1) is 57.1. The Labute approximate surface area is 364 Å². The van der Waals surface area contributed by atoms with E-state index in [4.69, 9.17) is 10.8 Å². The normalized spacial score (nSPS) is 14.9. The number of nitrogens with two attached hydrogens (primary N) is 1. The van der Waals surface area contributed by atoms with Crippen molar-refractivity contribution < 1.29 is 73.2 Å². The highest BCUT2D eigenvalue weighted by Gasteiger charge is 2.34. The summed E-state index contributed by atoms with van der Waals surface area (Å²) in [4.78, 5) is 138. The molecule has 358 valence electrons. The van der Waals surface area contributed by atoms with Gasteiger partial charge in [-0.05, 0) is 50.9 Å². The number of carboxylic acid groups (broad SMARTS) is 2. The van der Waals surface area contributed by atoms with Crippen molar-refractivity contribution in [2.45, 2.75) is 129 Å². The molecule has 0 aromatic heterocycles. The molecule has 0 aliphatic carbocycles. The quantitative estimate of drug-likeness (QED) is 0.0333. The van der Waals surface area contributed by atoms with Gasteiger partial charge < -0.3 is 74.0 Å². The molecule has 0 fully saturated rings. The van der Waals surface area contributed by atoms with Gasteiger partial charge in [-0.15, -0.1) is 0 Å². The Hall–Kier alpha value is -5.95. The lowest BCUT2D eigenvalue weighted by atomic mass is 10.0. The molecule has 0 aliphatic rings. The molecule has 0 aliphatic heterocycles. The first-order valence-corrected chi connectivity index (χ1v) is 20.3. The minimum atomic E-state index is -1.77. The van der Waals surface area contributed by atoms with Crippen molar-refractivity contribution in [1.82, 2.24) is 47.9 Å². The van der Waals surface area contributed by atoms with E-state index in [2.05, 4.69) is 47.9 Å². The topological polar surface area (TPSA) is 403 Å². The standard InChI is InChI=1S/C38H66N10O15/c1-17(2)11-24(46-33(57)22(39)16-49)34(58)42-15-27(52)44-25(12-18(3)4)36(60)45-23(9-10-29(54)55)35(59)48-31(21(8)50)37(61)43-20(7)32(56)41-13-26(51)40-14-28(53)47-30(19(5)6)38(62)63/h17-25,30-31,49-50H,9-16,39H2,1-8H3,(H,40,51)(H,41,56)(H,42,58)(H,43,61)(H,44,52)(H,45,60)(H,46,57)(H,47,53)(H,48,59)(H,54,55)(H,62,63)/t20-,21+,22-,23-,24-,25-,30-,31-/m0/s1. The summed E-state index contributed by atoms with van der Waals surface area (Å²) in [6.45, 7) is 9.90. The molecule has 0 saturated heterocycles. The summed E-state index contributed by atoms with van der Waals surface area (Å²) in [6, 6.07) is -9.70. The minimum absolute atomic E-state index is 0.00499. The average Bonchev–Trinajstić information content (AvgIpc) is 3.18. The summed E-state index contributed by atoms with van der Waals surface area (Å²) in [5.41, 5.74) is 5.53. The average molecular weight is 903 g/mol. The van der Waals surface area contributed by atoms with E-state index in [-0.39, 0.29) is 24.7 Å². The highest BCUT2D eigenvalue weighted by atomic mass is 16.4. The van der Waals surface area contributed by atoms with Gasteiger partial charge >= 0.3 is 11.9 Å². The third-order valence-corrected chi connectivity index (χ3v) is 8.87. The fourth-order valence-corrected chi connectivity index (χ4v) is 5.44. The maximum Gasteiger partial charge on any atom is 0.326 e. The monoisotopic (exact) mass is 902 g/mol. The van der Waals surface area contributed by atoms with Crippen LogP contribution < -0.4 is 53.6 Å². The van der Waals surface area contributed by atoms with Gasteiger partial charge in [0.2, 0.25) is 53.2 Å². The lowest BCUT2D eigenvalue weighted by Gasteiger charge is -2.27. The summed E-state index contributed by atoms with van der Waals surface area (Å²) in [7, 11) is 0. The molecule has 0 spiro atoms. The molecule has 0 unspecified atom stereocenters. The predicted octanol–water partition coefficient (Wildman–Crippen LogP) is -5.34. The second kappa shape index (κ2) is 28.6. The highest BCUT2D eigenvalue weighted by molar-refractivity contribution is 5.97. The fourth-order valence-electron chi connectivity index (χ4n) is 5.44. The highest BCUT2D eigenvalue weighted by Crippen LogP contribution is 2.09. The number of hydrogen-bond donors (Lipinski definition) is 14. The number of carbonyl (C=O) groups excluding carboxylic acids is 9. The van der Waals surface area contributed by atoms with E-state index in [1.165, 1.54) is 6.92 Å². The Morgan fingerprint density at radius 1 is 0.508 bits per heavy atom. The fraction of sp³-hybridized carbons (Fsp3) is 0.711. The van der Waals surface area contributed by atoms with Crippen LogP contribution in [0, 0.1) is 17.8 Å². The Morgan fingerprint density at radius 2 is 0.984 bits per heavy atom. The maximum absolute atomic E-state index is 13.5. The molecule has 8 atom stereocenters. The molecular formula is C38H66N10O15. The molecule has 0 aromatic carbocycles. The van der Waals surface area contributed by atoms with Gasteiger partial charge in [0.05, 0.1) is 32.3 Å². The van der Waals surface area contributed by atoms with E-state index in [0.29, 0.717) is 0 Å². The second-order valence-corrected chi connectivity index (χ2v) is 16.0. The Bertz CT molecular complexity index is 1620. The van der Waals surface area contributed by atoms with Crippen molar-refractivity contribution in [2.24, 2.45) is 23.5 Å². The van der Waals surface area contributed by atoms with Crippen molar-refractivity contribution in [2.75, 3.05) is 26.2 Å². The van der Waals surface area contributed by atoms with Crippen LogP contribution in [0.4, 0.5) is 0 Å². The van der Waals surface area contributed by atoms with Crippen LogP contribution in [-0.4, -0.2) is 160 Å². The van der Waals surface area contributed by atoms with Crippen LogP contribution in [0.2, 0.25) is 0 Å². The minimum Gasteiger partial charge on any atom is -0.481 e. The second-order valence-electron chi connectivity index (χ2n) is 16.0. The van der Waals surface area contributed by atoms with E-state index in [1.54, 1.807) is 41.5 Å². The number of aliphatic hydroxyl groups excluding tert-OH is 2. The summed E-state index contributed by atoms with van der Waals surface area (Å²) >= 11 is 0. The molecule has 25 heteroatoms. The molecule has 0 saturated carbocycles. The number of amides is 9. The first-order valence-electron chi connectivity index (χ1n) is 20.3. The molecule has 25 nitrogen and oxygen atoms in total. The molecule has 0 radical (unpaired) electrons. The van der Waals surface area contributed by atoms with Crippen molar-refractivity contribution in [3.63, 3.8) is 0 Å². The molecule has 0 bridgehead atoms. The number of carbonyl (C=O) groups is 11. The molecular weight excluding hydrogens is 836 g/mol. The van der Waals surface area contributed by atoms with Crippen molar-refractivity contribution >= 4 is 65.1 Å². The smallest absolute Gasteiger partial charge is 0.326 e. The Kier molecular flexibility index (Phi) is 25.9. The zero-order valence-electron chi connectivity index (χ0n) is 36.9. The molecule has 9 amide bonds. The number of hydrogen-bond acceptors (Lipinski definition) is 14. The van der Waals surface area contributed by atoms with E-state index in [1.807, 2.05) is 0 Å². The molecule has 0 rings (SSSR count). The summed E-state index contributed by atoms with van der Waals surface area (Å²) in [5, 5.41) is 58.9. The summed E-state index contributed by atoms with van der Waals surface area (Å²) in [6.07, 6.45) is -2.61. The van der Waals surface area contributed by atoms with Gasteiger partial charge in [-0.1, -0.05) is 41.5 Å². The van der Waals surface area contributed by atoms with Gasteiger partial charge in [0, 0.05) is 6.42 Å². The van der Waals surface area contributed by atoms with Gasteiger partial charge in [-0.25, -0.2) is 4.79 Å². The van der Waals surface area contributed by atoms with E-state index in [0.717, 1.165) is 6.92 Å². The van der Waals surface area contributed by atoms with Crippen LogP contribution in [0.25, 0.3) is 0 Å². The summed E-state index contributed by atoms with van der Waals surface area (Å²) < 4.78 is 0. The predicted molar refractivity (Wildman–Crippen MR) is 221 cm³/mol. The molecule has 63 heavy (non-hydrogen) atoms. The zero-order chi connectivity index (χ0) is 48.7. The van der Waals surface area contributed by atoms with Crippen LogP contribution in [0.15, 0.2) is 0 Å². The van der Waals surface area contributed by atoms with E-state index >= 15 is 0 Å². The van der Waals surface area contributed by atoms with Crippen LogP contribution in [0.1, 0.15) is 81.1 Å². The maximum atomic E-state index is 13.5. The SMILES string of the molecule is CC(C)C[C@H](NC(=O)CNC(=O)[C@H](CC(C)C)NC(=O)[C@@H](N)CO)C(=O)N[C@@H](CCC(=O)O)C(=O)N[C@H](C(=O)N[C@@H](C)C(=O)NCC(=O)NCC(=O)N[C@H](C(=O)O)C(C)C)[C@@H](C)O. The van der Waals surface area contributed by atoms with Gasteiger partial charge in [0.15, 0.2) is 0 Å². The number of nitrogens with one attached hydrogen (secondary N) is 9. The van der Waals surface area contributed by atoms with Crippen LogP contribution >= 0.6 is 0 Å². The molecule has 0 aromatic rings. The number of aliphatic carboxylic acids is 2. The number of aliphatic hydroxyl groups is 2. The number of carboxylic acids is 2. The van der Waals surface area contributed by atoms with Crippen LogP contribution in [-0.2, 0) is 52.7 Å². The first-order chi connectivity index (χ1) is 29.2. The third-order valence-electron chi connectivity index (χ3n) is 8.87. The van der Waals surface area contributed by atoms with Gasteiger partial charge in [-0.3, -0.25) is 47.9 Å². The van der Waals surface area contributed by atoms with Crippen LogP contribution in [0.3, 0.4) is 0 Å². The summed E-state index contributed by atoms with van der Waals surface area (Å²) in [5.74, 6) is -11.4. The van der Waals surface area contributed by atoms with E-state index < -0.39 is 159 Å². The largest absolute Gasteiger partial charge is 0.481 e. The van der Waals surface area contributed by atoms with Crippen molar-refractivity contribution in [3.05, 3.63) is 0 Å². The van der Waals surface area contributed by atoms with Crippen molar-refractivity contribution in [3.8, 4) is 0 Å². The van der Waals surface area contributed by atoms with E-state index in [9.17, 15) is 68.1 Å². The van der Waals surface area contributed by atoms with Gasteiger partial charge in [-0.2, -0.15) is 0 Å². The lowest BCUT2D eigenvalue weighted by Crippen LogP contribution is -2.60. The zero-order valence-corrected chi connectivity index (χ0v) is 36.9. The van der Waals surface area contributed by atoms with Gasteiger partial charge in [0.25, 0.3) is 0 Å². The van der Waals surface area contributed by atoms with Gasteiger partial charge in [0.1, 0.15) is 42.3 Å².